The van der Waals surface area contributed by atoms with Crippen molar-refractivity contribution in [3.8, 4) is 0 Å². The molecule has 1 atom stereocenters. The van der Waals surface area contributed by atoms with Gasteiger partial charge in [-0.15, -0.1) is 0 Å². The van der Waals surface area contributed by atoms with Gasteiger partial charge in [-0.05, 0) is 43.9 Å². The smallest absolute Gasteiger partial charge is 0.229 e. The number of benzene rings is 1. The normalized spacial score (nSPS) is 21.6. The van der Waals surface area contributed by atoms with Gasteiger partial charge in [-0.3, -0.25) is 9.88 Å². The van der Waals surface area contributed by atoms with Gasteiger partial charge in [0.25, 0.3) is 0 Å². The number of hydrogen-bond donors (Lipinski definition) is 0. The summed E-state index contributed by atoms with van der Waals surface area (Å²) in [4.78, 5) is 11.7. The predicted octanol–water partition coefficient (Wildman–Crippen LogP) is 3.83. The molecule has 1 aliphatic heterocycles. The Balaban J connectivity index is 1.42. The van der Waals surface area contributed by atoms with Gasteiger partial charge >= 0.3 is 0 Å². The molecule has 1 aliphatic carbocycles. The lowest BCUT2D eigenvalue weighted by Crippen LogP contribution is -2.23. The van der Waals surface area contributed by atoms with Gasteiger partial charge in [-0.1, -0.05) is 29.4 Å². The number of aromatic nitrogens is 3. The maximum atomic E-state index is 5.47. The lowest BCUT2D eigenvalue weighted by Gasteiger charge is -2.22. The van der Waals surface area contributed by atoms with Crippen LogP contribution in [0.4, 0.5) is 0 Å². The van der Waals surface area contributed by atoms with Crippen molar-refractivity contribution in [2.24, 2.45) is 0 Å². The monoisotopic (exact) mass is 320 g/mol. The molecule has 3 heterocycles. The van der Waals surface area contributed by atoms with Crippen LogP contribution in [0.5, 0.6) is 0 Å². The van der Waals surface area contributed by atoms with Gasteiger partial charge in [0.1, 0.15) is 0 Å². The van der Waals surface area contributed by atoms with Crippen LogP contribution in [0.1, 0.15) is 54.9 Å². The minimum absolute atomic E-state index is 0.264. The Kier molecular flexibility index (Phi) is 3.33. The van der Waals surface area contributed by atoms with Crippen molar-refractivity contribution in [3.63, 3.8) is 0 Å². The van der Waals surface area contributed by atoms with E-state index in [1.54, 1.807) is 0 Å². The van der Waals surface area contributed by atoms with E-state index in [1.165, 1.54) is 30.2 Å². The van der Waals surface area contributed by atoms with E-state index in [0.717, 1.165) is 36.7 Å². The second-order valence-electron chi connectivity index (χ2n) is 6.89. The topological polar surface area (TPSA) is 55.1 Å². The Hall–Kier alpha value is -2.27. The van der Waals surface area contributed by atoms with Crippen LogP contribution in [0.3, 0.4) is 0 Å². The van der Waals surface area contributed by atoms with Gasteiger partial charge in [0.15, 0.2) is 5.82 Å². The van der Waals surface area contributed by atoms with Crippen molar-refractivity contribution in [3.05, 3.63) is 53.8 Å². The molecule has 24 heavy (non-hydrogen) atoms. The van der Waals surface area contributed by atoms with Gasteiger partial charge in [-0.2, -0.15) is 4.98 Å². The molecule has 0 N–H and O–H groups in total. The van der Waals surface area contributed by atoms with E-state index >= 15 is 0 Å². The molecule has 0 bridgehead atoms. The van der Waals surface area contributed by atoms with Crippen LogP contribution in [0.15, 0.2) is 41.1 Å². The maximum absolute atomic E-state index is 5.47. The summed E-state index contributed by atoms with van der Waals surface area (Å²) in [5.74, 6) is 2.22. The molecule has 2 aliphatic rings. The van der Waals surface area contributed by atoms with Crippen LogP contribution >= 0.6 is 0 Å². The molecule has 1 aromatic carbocycles. The van der Waals surface area contributed by atoms with Gasteiger partial charge in [0.05, 0.1) is 11.6 Å². The second-order valence-corrected chi connectivity index (χ2v) is 6.89. The molecule has 1 saturated heterocycles. The van der Waals surface area contributed by atoms with E-state index in [-0.39, 0.29) is 6.04 Å². The van der Waals surface area contributed by atoms with Gasteiger partial charge < -0.3 is 4.52 Å². The second kappa shape index (κ2) is 5.67. The molecule has 5 rings (SSSR count). The molecule has 0 unspecified atom stereocenters. The summed E-state index contributed by atoms with van der Waals surface area (Å²) in [5.41, 5.74) is 2.36. The van der Waals surface area contributed by atoms with Crippen LogP contribution in [-0.4, -0.2) is 26.6 Å². The minimum Gasteiger partial charge on any atom is -0.339 e. The highest BCUT2D eigenvalue weighted by molar-refractivity contribution is 5.81. The quantitative estimate of drug-likeness (QED) is 0.731. The fourth-order valence-corrected chi connectivity index (χ4v) is 3.70. The summed E-state index contributed by atoms with van der Waals surface area (Å²) in [6, 6.07) is 10.8. The van der Waals surface area contributed by atoms with E-state index in [0.29, 0.717) is 5.92 Å². The summed E-state index contributed by atoms with van der Waals surface area (Å²) < 4.78 is 5.47. The molecule has 2 fully saturated rings. The van der Waals surface area contributed by atoms with Crippen LogP contribution < -0.4 is 0 Å². The number of nitrogens with zero attached hydrogens (tertiary/aromatic N) is 4. The highest BCUT2D eigenvalue weighted by Crippen LogP contribution is 2.40. The Labute approximate surface area is 140 Å². The molecule has 2 aromatic heterocycles. The first kappa shape index (κ1) is 14.1. The molecule has 5 nitrogen and oxygen atoms in total. The van der Waals surface area contributed by atoms with Crippen LogP contribution in [0.2, 0.25) is 0 Å². The van der Waals surface area contributed by atoms with Crippen LogP contribution in [0.25, 0.3) is 10.9 Å². The van der Waals surface area contributed by atoms with E-state index < -0.39 is 0 Å². The standard InChI is InChI=1S/C19H20N4O/c1-4-13-6-2-10-20-17(13)15(5-1)12-23-11-3-7-16(23)18-21-19(24-22-18)14-8-9-14/h1-2,4-6,10,14,16H,3,7-9,11-12H2/t16-/m0/s1. The average Bonchev–Trinajstić information content (AvgIpc) is 3.17. The van der Waals surface area contributed by atoms with E-state index in [2.05, 4.69) is 44.3 Å². The molecule has 0 spiro atoms. The fraction of sp³-hybridized carbons (Fsp3) is 0.421. The van der Waals surface area contributed by atoms with Crippen molar-refractivity contribution in [1.82, 2.24) is 20.0 Å². The number of para-hydroxylation sites is 1. The first-order valence-corrected chi connectivity index (χ1v) is 8.78. The van der Waals surface area contributed by atoms with Crippen molar-refractivity contribution >= 4 is 10.9 Å². The number of hydrogen-bond acceptors (Lipinski definition) is 5. The fourth-order valence-electron chi connectivity index (χ4n) is 3.70. The lowest BCUT2D eigenvalue weighted by atomic mass is 10.1. The van der Waals surface area contributed by atoms with E-state index in [1.807, 2.05) is 12.3 Å². The van der Waals surface area contributed by atoms with Crippen molar-refractivity contribution in [1.29, 1.82) is 0 Å². The highest BCUT2D eigenvalue weighted by atomic mass is 16.5. The molecule has 122 valence electrons. The number of likely N-dealkylation sites (tertiary alicyclic amines) is 1. The van der Waals surface area contributed by atoms with Gasteiger partial charge in [0.2, 0.25) is 5.89 Å². The lowest BCUT2D eigenvalue weighted by molar-refractivity contribution is 0.234. The van der Waals surface area contributed by atoms with Crippen LogP contribution in [-0.2, 0) is 6.54 Å². The van der Waals surface area contributed by atoms with E-state index in [4.69, 9.17) is 4.52 Å². The molecule has 0 amide bonds. The first-order valence-electron chi connectivity index (χ1n) is 8.78. The first-order chi connectivity index (χ1) is 11.9. The largest absolute Gasteiger partial charge is 0.339 e. The van der Waals surface area contributed by atoms with Crippen LogP contribution in [0, 0.1) is 0 Å². The third-order valence-corrected chi connectivity index (χ3v) is 5.14. The number of rotatable bonds is 4. The zero-order chi connectivity index (χ0) is 15.9. The number of fused-ring (bicyclic) bond motifs is 1. The van der Waals surface area contributed by atoms with Crippen molar-refractivity contribution in [2.45, 2.75) is 44.2 Å². The minimum atomic E-state index is 0.264. The Morgan fingerprint density at radius 3 is 2.96 bits per heavy atom. The average molecular weight is 320 g/mol. The van der Waals surface area contributed by atoms with Gasteiger partial charge in [0, 0.05) is 24.0 Å². The highest BCUT2D eigenvalue weighted by Gasteiger charge is 2.34. The summed E-state index contributed by atoms with van der Waals surface area (Å²) in [6.45, 7) is 1.95. The SMILES string of the molecule is c1cnc2c(CN3CCC[C@H]3c3noc(C4CC4)n3)cccc2c1. The summed E-state index contributed by atoms with van der Waals surface area (Å²) >= 11 is 0. The van der Waals surface area contributed by atoms with E-state index in [9.17, 15) is 0 Å². The molecule has 5 heteroatoms. The molecule has 3 aromatic rings. The molecular weight excluding hydrogens is 300 g/mol. The summed E-state index contributed by atoms with van der Waals surface area (Å²) in [6.07, 6.45) is 6.53. The molecule has 1 saturated carbocycles. The zero-order valence-electron chi connectivity index (χ0n) is 13.6. The molecular formula is C19H20N4O. The maximum Gasteiger partial charge on any atom is 0.229 e. The Bertz CT molecular complexity index is 865. The van der Waals surface area contributed by atoms with Gasteiger partial charge in [-0.25, -0.2) is 0 Å². The third-order valence-electron chi connectivity index (χ3n) is 5.14. The number of pyridine rings is 1. The third kappa shape index (κ3) is 2.49. The Morgan fingerprint density at radius 2 is 2.04 bits per heavy atom. The Morgan fingerprint density at radius 1 is 1.12 bits per heavy atom. The predicted molar refractivity (Wildman–Crippen MR) is 90.4 cm³/mol. The summed E-state index contributed by atoms with van der Waals surface area (Å²) in [5, 5.41) is 5.47. The summed E-state index contributed by atoms with van der Waals surface area (Å²) in [7, 11) is 0. The zero-order valence-corrected chi connectivity index (χ0v) is 13.6. The van der Waals surface area contributed by atoms with Crippen molar-refractivity contribution < 1.29 is 4.52 Å². The molecule has 0 radical (unpaired) electrons. The van der Waals surface area contributed by atoms with Crippen molar-refractivity contribution in [2.75, 3.05) is 6.54 Å².